The molecule has 0 spiro atoms. The summed E-state index contributed by atoms with van der Waals surface area (Å²) in [6.07, 6.45) is 1.22. The number of aromatic amines is 2. The Morgan fingerprint density at radius 1 is 1.16 bits per heavy atom. The van der Waals surface area contributed by atoms with E-state index in [1.807, 2.05) is 6.07 Å². The third-order valence-corrected chi connectivity index (χ3v) is 3.01. The molecule has 0 fully saturated rings. The van der Waals surface area contributed by atoms with Crippen molar-refractivity contribution in [2.45, 2.75) is 12.8 Å². The van der Waals surface area contributed by atoms with Gasteiger partial charge in [0.25, 0.3) is 0 Å². The van der Waals surface area contributed by atoms with Crippen LogP contribution in [0.5, 0.6) is 5.75 Å². The lowest BCUT2D eigenvalue weighted by Crippen LogP contribution is -2.27. The lowest BCUT2D eigenvalue weighted by molar-refractivity contribution is 0.409. The van der Waals surface area contributed by atoms with Crippen molar-refractivity contribution in [2.24, 2.45) is 0 Å². The van der Waals surface area contributed by atoms with Crippen LogP contribution in [0, 0.1) is 0 Å². The molecular weight excluding hydrogens is 268 g/mol. The van der Waals surface area contributed by atoms with E-state index in [1.54, 1.807) is 19.2 Å². The normalized spacial score (nSPS) is 10.4. The van der Waals surface area contributed by atoms with Crippen molar-refractivity contribution in [3.05, 3.63) is 61.1 Å². The third kappa shape index (κ3) is 3.26. The van der Waals surface area contributed by atoms with E-state index in [1.165, 1.54) is 6.07 Å². The zero-order valence-corrected chi connectivity index (χ0v) is 11.1. The molecule has 0 aliphatic carbocycles. The van der Waals surface area contributed by atoms with Crippen LogP contribution in [0.15, 0.2) is 33.9 Å². The first-order chi connectivity index (χ1) is 9.10. The average molecular weight is 281 g/mol. The number of aromatic nitrogens is 2. The van der Waals surface area contributed by atoms with Crippen LogP contribution < -0.4 is 15.7 Å². The number of methoxy groups -OCH3 is 1. The standard InChI is InChI=1S/C13H13ClN2O3/c1-19-12-5-3-9(14)6-8(12)2-4-10-7-11(17)13(18)16-15-10/h3,5-7H,2,4H2,1H3,(H,15,17)(H,16,18). The van der Waals surface area contributed by atoms with Gasteiger partial charge >= 0.3 is 5.56 Å². The van der Waals surface area contributed by atoms with Crippen molar-refractivity contribution in [2.75, 3.05) is 7.11 Å². The van der Waals surface area contributed by atoms with Gasteiger partial charge in [-0.25, -0.2) is 0 Å². The van der Waals surface area contributed by atoms with Crippen molar-refractivity contribution in [1.29, 1.82) is 0 Å². The molecule has 0 atom stereocenters. The minimum Gasteiger partial charge on any atom is -0.496 e. The monoisotopic (exact) mass is 280 g/mol. The molecule has 2 N–H and O–H groups in total. The van der Waals surface area contributed by atoms with Crippen molar-refractivity contribution in [3.8, 4) is 5.75 Å². The number of rotatable bonds is 4. The highest BCUT2D eigenvalue weighted by Crippen LogP contribution is 2.23. The number of hydrogen-bond acceptors (Lipinski definition) is 3. The molecule has 0 radical (unpaired) electrons. The van der Waals surface area contributed by atoms with Gasteiger partial charge in [-0.05, 0) is 36.6 Å². The maximum Gasteiger partial charge on any atom is 0.310 e. The van der Waals surface area contributed by atoms with Crippen molar-refractivity contribution in [3.63, 3.8) is 0 Å². The molecule has 6 heteroatoms. The molecule has 0 amide bonds. The molecule has 5 nitrogen and oxygen atoms in total. The maximum atomic E-state index is 11.2. The zero-order chi connectivity index (χ0) is 13.8. The van der Waals surface area contributed by atoms with Gasteiger partial charge in [0.2, 0.25) is 5.43 Å². The summed E-state index contributed by atoms with van der Waals surface area (Å²) in [5.74, 6) is 0.746. The molecule has 0 saturated heterocycles. The molecule has 0 saturated carbocycles. The summed E-state index contributed by atoms with van der Waals surface area (Å²) in [7, 11) is 1.59. The Morgan fingerprint density at radius 2 is 1.95 bits per heavy atom. The zero-order valence-electron chi connectivity index (χ0n) is 10.3. The average Bonchev–Trinajstić information content (AvgIpc) is 2.40. The van der Waals surface area contributed by atoms with Crippen LogP contribution in [0.3, 0.4) is 0 Å². The Labute approximate surface area is 114 Å². The predicted octanol–water partition coefficient (Wildman–Crippen LogP) is 1.51. The van der Waals surface area contributed by atoms with Crippen molar-refractivity contribution < 1.29 is 4.74 Å². The van der Waals surface area contributed by atoms with Crippen LogP contribution in [0.4, 0.5) is 0 Å². The minimum atomic E-state index is -0.649. The molecule has 0 aliphatic rings. The molecule has 0 aliphatic heterocycles. The van der Waals surface area contributed by atoms with Gasteiger partial charge in [0.1, 0.15) is 5.75 Å². The van der Waals surface area contributed by atoms with Gasteiger partial charge in [-0.1, -0.05) is 11.6 Å². The number of ether oxygens (including phenoxy) is 1. The Morgan fingerprint density at radius 3 is 2.63 bits per heavy atom. The summed E-state index contributed by atoms with van der Waals surface area (Å²) >= 11 is 5.94. The van der Waals surface area contributed by atoms with Gasteiger partial charge in [-0.2, -0.15) is 0 Å². The largest absolute Gasteiger partial charge is 0.496 e. The third-order valence-electron chi connectivity index (χ3n) is 2.77. The molecule has 0 unspecified atom stereocenters. The van der Waals surface area contributed by atoms with Gasteiger partial charge in [0.15, 0.2) is 0 Å². The Balaban J connectivity index is 2.18. The second kappa shape index (κ2) is 5.75. The van der Waals surface area contributed by atoms with Crippen LogP contribution >= 0.6 is 11.6 Å². The predicted molar refractivity (Wildman–Crippen MR) is 73.1 cm³/mol. The topological polar surface area (TPSA) is 75.0 Å². The van der Waals surface area contributed by atoms with Gasteiger partial charge in [0, 0.05) is 16.8 Å². The summed E-state index contributed by atoms with van der Waals surface area (Å²) in [6, 6.07) is 6.68. The van der Waals surface area contributed by atoms with Gasteiger partial charge in [-0.15, -0.1) is 0 Å². The molecule has 100 valence electrons. The van der Waals surface area contributed by atoms with E-state index < -0.39 is 11.0 Å². The number of aryl methyl sites for hydroxylation is 2. The van der Waals surface area contributed by atoms with Gasteiger partial charge < -0.3 is 9.84 Å². The highest BCUT2D eigenvalue weighted by molar-refractivity contribution is 6.30. The van der Waals surface area contributed by atoms with Crippen LogP contribution in [0.1, 0.15) is 11.3 Å². The molecule has 1 aromatic heterocycles. The van der Waals surface area contributed by atoms with Crippen molar-refractivity contribution in [1.82, 2.24) is 10.2 Å². The lowest BCUT2D eigenvalue weighted by atomic mass is 10.1. The summed E-state index contributed by atoms with van der Waals surface area (Å²) in [5, 5.41) is 5.61. The van der Waals surface area contributed by atoms with Crippen LogP contribution in [-0.4, -0.2) is 17.3 Å². The number of H-pyrrole nitrogens is 2. The molecule has 1 aromatic carbocycles. The van der Waals surface area contributed by atoms with Gasteiger partial charge in [-0.3, -0.25) is 14.7 Å². The van der Waals surface area contributed by atoms with E-state index in [4.69, 9.17) is 16.3 Å². The Hall–Kier alpha value is -2.01. The highest BCUT2D eigenvalue weighted by atomic mass is 35.5. The second-order valence-corrected chi connectivity index (χ2v) is 4.51. The van der Waals surface area contributed by atoms with Crippen LogP contribution in [0.2, 0.25) is 5.02 Å². The summed E-state index contributed by atoms with van der Waals surface area (Å²) < 4.78 is 5.24. The van der Waals surface area contributed by atoms with E-state index in [9.17, 15) is 9.59 Å². The SMILES string of the molecule is COc1ccc(Cl)cc1CCc1cc(=O)c(=O)[nH][nH]1. The summed E-state index contributed by atoms with van der Waals surface area (Å²) in [4.78, 5) is 22.2. The van der Waals surface area contributed by atoms with E-state index in [2.05, 4.69) is 10.2 Å². The fourth-order valence-electron chi connectivity index (χ4n) is 1.81. The Bertz CT molecular complexity index is 691. The lowest BCUT2D eigenvalue weighted by Gasteiger charge is -2.08. The molecule has 0 bridgehead atoms. The number of halogens is 1. The summed E-state index contributed by atoms with van der Waals surface area (Å²) in [5.41, 5.74) is 0.407. The fraction of sp³-hybridized carbons (Fsp3) is 0.231. The highest BCUT2D eigenvalue weighted by Gasteiger charge is 2.05. The van der Waals surface area contributed by atoms with E-state index in [0.29, 0.717) is 23.6 Å². The number of hydrogen-bond donors (Lipinski definition) is 2. The van der Waals surface area contributed by atoms with E-state index in [0.717, 1.165) is 11.3 Å². The minimum absolute atomic E-state index is 0.549. The smallest absolute Gasteiger partial charge is 0.310 e. The number of benzene rings is 1. The maximum absolute atomic E-state index is 11.2. The molecule has 1 heterocycles. The molecule has 2 rings (SSSR count). The summed E-state index contributed by atoms with van der Waals surface area (Å²) in [6.45, 7) is 0. The second-order valence-electron chi connectivity index (χ2n) is 4.07. The van der Waals surface area contributed by atoms with Crippen molar-refractivity contribution >= 4 is 11.6 Å². The fourth-order valence-corrected chi connectivity index (χ4v) is 2.00. The van der Waals surface area contributed by atoms with E-state index >= 15 is 0 Å². The molecular formula is C13H13ClN2O3. The first-order valence-corrected chi connectivity index (χ1v) is 6.11. The van der Waals surface area contributed by atoms with E-state index in [-0.39, 0.29) is 0 Å². The first kappa shape index (κ1) is 13.4. The molecule has 19 heavy (non-hydrogen) atoms. The number of nitrogens with one attached hydrogen (secondary N) is 2. The molecule has 2 aromatic rings. The first-order valence-electron chi connectivity index (χ1n) is 5.73. The van der Waals surface area contributed by atoms with Crippen LogP contribution in [-0.2, 0) is 12.8 Å². The quantitative estimate of drug-likeness (QED) is 0.834. The van der Waals surface area contributed by atoms with Gasteiger partial charge in [0.05, 0.1) is 7.11 Å². The Kier molecular flexibility index (Phi) is 4.06. The van der Waals surface area contributed by atoms with Crippen LogP contribution in [0.25, 0.3) is 0 Å².